The number of carbonyl (C=O) groups excluding carboxylic acids is 4. The molecule has 160 valence electrons. The van der Waals surface area contributed by atoms with Gasteiger partial charge >= 0.3 is 23.9 Å². The summed E-state index contributed by atoms with van der Waals surface area (Å²) in [5, 5.41) is 0. The lowest BCUT2D eigenvalue weighted by molar-refractivity contribution is -0.285. The number of carbonyl (C=O) groups is 4. The third-order valence-electron chi connectivity index (χ3n) is 4.25. The predicted octanol–water partition coefficient (Wildman–Crippen LogP) is 1.90. The SMILES string of the molecule is CCCCC[C@H]1[C@@H](OC(C)=O)O[C@H](COC(C)=O)[C@@H](OC(C)=O)[C@@H]1OC(C)=O. The van der Waals surface area contributed by atoms with Crippen LogP contribution in [0.5, 0.6) is 0 Å². The van der Waals surface area contributed by atoms with E-state index in [-0.39, 0.29) is 6.61 Å². The van der Waals surface area contributed by atoms with Gasteiger partial charge in [-0.15, -0.1) is 0 Å². The van der Waals surface area contributed by atoms with Crippen LogP contribution in [0.1, 0.15) is 60.3 Å². The number of esters is 4. The van der Waals surface area contributed by atoms with Gasteiger partial charge in [-0.1, -0.05) is 26.2 Å². The molecule has 0 saturated carbocycles. The molecule has 1 aliphatic rings. The molecule has 0 aromatic heterocycles. The van der Waals surface area contributed by atoms with E-state index < -0.39 is 54.4 Å². The molecule has 0 amide bonds. The Kier molecular flexibility index (Phi) is 9.92. The smallest absolute Gasteiger partial charge is 0.304 e. The minimum absolute atomic E-state index is 0.246. The highest BCUT2D eigenvalue weighted by molar-refractivity contribution is 5.68. The maximum absolute atomic E-state index is 11.7. The number of rotatable bonds is 9. The van der Waals surface area contributed by atoms with Crippen molar-refractivity contribution in [2.24, 2.45) is 5.92 Å². The maximum Gasteiger partial charge on any atom is 0.304 e. The van der Waals surface area contributed by atoms with Crippen molar-refractivity contribution in [3.8, 4) is 0 Å². The molecule has 0 N–H and O–H groups in total. The molecule has 0 unspecified atom stereocenters. The van der Waals surface area contributed by atoms with E-state index in [1.807, 2.05) is 6.92 Å². The second-order valence-corrected chi connectivity index (χ2v) is 6.76. The lowest BCUT2D eigenvalue weighted by atomic mass is 9.86. The van der Waals surface area contributed by atoms with Crippen LogP contribution in [0, 0.1) is 5.92 Å². The fourth-order valence-electron chi connectivity index (χ4n) is 3.18. The first-order chi connectivity index (χ1) is 13.1. The second-order valence-electron chi connectivity index (χ2n) is 6.76. The Labute approximate surface area is 165 Å². The Morgan fingerprint density at radius 3 is 1.86 bits per heavy atom. The van der Waals surface area contributed by atoms with E-state index in [1.54, 1.807) is 0 Å². The zero-order valence-corrected chi connectivity index (χ0v) is 17.1. The maximum atomic E-state index is 11.7. The number of ether oxygens (including phenoxy) is 5. The van der Waals surface area contributed by atoms with E-state index in [2.05, 4.69) is 0 Å². The molecule has 1 heterocycles. The highest BCUT2D eigenvalue weighted by Gasteiger charge is 2.51. The molecule has 0 aromatic rings. The van der Waals surface area contributed by atoms with Crippen LogP contribution in [0.4, 0.5) is 0 Å². The van der Waals surface area contributed by atoms with Gasteiger partial charge < -0.3 is 23.7 Å². The van der Waals surface area contributed by atoms with Crippen LogP contribution in [-0.2, 0) is 42.9 Å². The fraction of sp³-hybridized carbons (Fsp3) is 0.789. The van der Waals surface area contributed by atoms with E-state index >= 15 is 0 Å². The van der Waals surface area contributed by atoms with E-state index in [1.165, 1.54) is 27.7 Å². The quantitative estimate of drug-likeness (QED) is 0.324. The number of unbranched alkanes of at least 4 members (excludes halogenated alkanes) is 2. The minimum atomic E-state index is -1.02. The van der Waals surface area contributed by atoms with Gasteiger partial charge in [0.05, 0.1) is 5.92 Å². The van der Waals surface area contributed by atoms with Crippen molar-refractivity contribution in [1.29, 1.82) is 0 Å². The van der Waals surface area contributed by atoms with Crippen molar-refractivity contribution in [1.82, 2.24) is 0 Å². The molecular weight excluding hydrogens is 372 g/mol. The van der Waals surface area contributed by atoms with Gasteiger partial charge in [0.15, 0.2) is 12.2 Å². The average molecular weight is 402 g/mol. The van der Waals surface area contributed by atoms with Gasteiger partial charge in [-0.2, -0.15) is 0 Å². The van der Waals surface area contributed by atoms with Crippen LogP contribution < -0.4 is 0 Å². The van der Waals surface area contributed by atoms with Crippen molar-refractivity contribution in [2.75, 3.05) is 6.61 Å². The highest BCUT2D eigenvalue weighted by Crippen LogP contribution is 2.35. The largest absolute Gasteiger partial charge is 0.463 e. The molecule has 0 aromatic carbocycles. The van der Waals surface area contributed by atoms with Crippen molar-refractivity contribution in [3.63, 3.8) is 0 Å². The monoisotopic (exact) mass is 402 g/mol. The summed E-state index contributed by atoms with van der Waals surface area (Å²) >= 11 is 0. The molecule has 1 aliphatic heterocycles. The number of hydrogen-bond donors (Lipinski definition) is 0. The van der Waals surface area contributed by atoms with E-state index in [0.717, 1.165) is 19.3 Å². The molecule has 0 spiro atoms. The summed E-state index contributed by atoms with van der Waals surface area (Å²) in [6.45, 7) is 6.73. The third-order valence-corrected chi connectivity index (χ3v) is 4.25. The van der Waals surface area contributed by atoms with Gasteiger partial charge in [-0.25, -0.2) is 0 Å². The summed E-state index contributed by atoms with van der Waals surface area (Å²) in [6.07, 6.45) is -0.688. The summed E-state index contributed by atoms with van der Waals surface area (Å²) in [5.41, 5.74) is 0. The van der Waals surface area contributed by atoms with Crippen LogP contribution in [0.25, 0.3) is 0 Å². The fourth-order valence-corrected chi connectivity index (χ4v) is 3.18. The van der Waals surface area contributed by atoms with Gasteiger partial charge in [0.25, 0.3) is 0 Å². The Balaban J connectivity index is 3.21. The van der Waals surface area contributed by atoms with Gasteiger partial charge in [0, 0.05) is 27.7 Å². The van der Waals surface area contributed by atoms with Gasteiger partial charge in [-0.05, 0) is 6.42 Å². The normalized spacial score (nSPS) is 26.8. The molecule has 5 atom stereocenters. The van der Waals surface area contributed by atoms with Crippen LogP contribution in [0.3, 0.4) is 0 Å². The molecule has 9 heteroatoms. The molecular formula is C19H30O9. The van der Waals surface area contributed by atoms with Crippen molar-refractivity contribution < 1.29 is 42.9 Å². The highest BCUT2D eigenvalue weighted by atomic mass is 16.7. The molecule has 1 rings (SSSR count). The topological polar surface area (TPSA) is 114 Å². The molecule has 0 radical (unpaired) electrons. The summed E-state index contributed by atoms with van der Waals surface area (Å²) in [7, 11) is 0. The van der Waals surface area contributed by atoms with Crippen LogP contribution in [0.15, 0.2) is 0 Å². The average Bonchev–Trinajstić information content (AvgIpc) is 2.56. The summed E-state index contributed by atoms with van der Waals surface area (Å²) in [5.74, 6) is -2.82. The minimum Gasteiger partial charge on any atom is -0.463 e. The summed E-state index contributed by atoms with van der Waals surface area (Å²) in [4.78, 5) is 46.1. The Morgan fingerprint density at radius 2 is 1.36 bits per heavy atom. The summed E-state index contributed by atoms with van der Waals surface area (Å²) < 4.78 is 27.0. The Morgan fingerprint density at radius 1 is 0.786 bits per heavy atom. The van der Waals surface area contributed by atoms with E-state index in [9.17, 15) is 19.2 Å². The second kappa shape index (κ2) is 11.6. The Bertz CT molecular complexity index is 560. The standard InChI is InChI=1S/C19H30O9/c1-6-7-8-9-15-17(25-12(3)21)18(26-13(4)22)16(10-24-11(2)20)28-19(15)27-14(5)23/h15-19H,6-10H2,1-5H3/t15-,16-,17-,18-,19+/m1/s1. The zero-order valence-electron chi connectivity index (χ0n) is 17.1. The van der Waals surface area contributed by atoms with Crippen molar-refractivity contribution >= 4 is 23.9 Å². The van der Waals surface area contributed by atoms with Gasteiger partial charge in [0.2, 0.25) is 6.29 Å². The Hall–Kier alpha value is -2.16. The van der Waals surface area contributed by atoms with Crippen molar-refractivity contribution in [2.45, 2.75) is 84.9 Å². The predicted molar refractivity (Wildman–Crippen MR) is 95.8 cm³/mol. The van der Waals surface area contributed by atoms with Gasteiger partial charge in [-0.3, -0.25) is 19.2 Å². The molecule has 0 aliphatic carbocycles. The lowest BCUT2D eigenvalue weighted by Gasteiger charge is -2.44. The number of hydrogen-bond acceptors (Lipinski definition) is 9. The van der Waals surface area contributed by atoms with E-state index in [4.69, 9.17) is 23.7 Å². The first-order valence-corrected chi connectivity index (χ1v) is 9.46. The molecule has 1 saturated heterocycles. The van der Waals surface area contributed by atoms with Gasteiger partial charge in [0.1, 0.15) is 12.7 Å². The molecule has 0 bridgehead atoms. The summed E-state index contributed by atoms with van der Waals surface area (Å²) in [6, 6.07) is 0. The molecule has 1 fully saturated rings. The van der Waals surface area contributed by atoms with Crippen LogP contribution >= 0.6 is 0 Å². The lowest BCUT2D eigenvalue weighted by Crippen LogP contribution is -2.59. The van der Waals surface area contributed by atoms with Crippen LogP contribution in [-0.4, -0.2) is 55.1 Å². The first-order valence-electron chi connectivity index (χ1n) is 9.46. The van der Waals surface area contributed by atoms with Crippen LogP contribution in [0.2, 0.25) is 0 Å². The van der Waals surface area contributed by atoms with Crippen molar-refractivity contribution in [3.05, 3.63) is 0 Å². The van der Waals surface area contributed by atoms with E-state index in [0.29, 0.717) is 6.42 Å². The third kappa shape index (κ3) is 7.84. The zero-order chi connectivity index (χ0) is 21.3. The first kappa shape index (κ1) is 23.9. The molecule has 28 heavy (non-hydrogen) atoms. The molecule has 9 nitrogen and oxygen atoms in total.